The normalized spacial score (nSPS) is 20.8. The van der Waals surface area contributed by atoms with Crippen LogP contribution in [0, 0.1) is 5.92 Å². The quantitative estimate of drug-likeness (QED) is 0.841. The molecule has 0 spiro atoms. The minimum absolute atomic E-state index is 0.0257. The molecule has 1 aromatic carbocycles. The van der Waals surface area contributed by atoms with Crippen molar-refractivity contribution in [1.29, 1.82) is 0 Å². The Bertz CT molecular complexity index is 789. The van der Waals surface area contributed by atoms with Crippen molar-refractivity contribution in [3.05, 3.63) is 39.4 Å². The Morgan fingerprint density at radius 1 is 1.43 bits per heavy atom. The highest BCUT2D eigenvalue weighted by Gasteiger charge is 2.27. The van der Waals surface area contributed by atoms with Gasteiger partial charge in [-0.25, -0.2) is 4.98 Å². The van der Waals surface area contributed by atoms with Crippen LogP contribution in [0.25, 0.3) is 10.9 Å². The smallest absolute Gasteiger partial charge is 0.261 e. The third-order valence-corrected chi connectivity index (χ3v) is 4.90. The van der Waals surface area contributed by atoms with Crippen molar-refractivity contribution in [2.45, 2.75) is 31.8 Å². The number of fused-ring (bicyclic) bond motifs is 1. The van der Waals surface area contributed by atoms with Gasteiger partial charge in [-0.3, -0.25) is 14.2 Å². The van der Waals surface area contributed by atoms with Crippen LogP contribution in [-0.4, -0.2) is 28.0 Å². The average Bonchev–Trinajstić information content (AvgIpc) is 2.97. The van der Waals surface area contributed by atoms with Crippen LogP contribution in [0.4, 0.5) is 0 Å². The van der Waals surface area contributed by atoms with Crippen molar-refractivity contribution in [2.75, 3.05) is 6.54 Å². The molecule has 3 N–H and O–H groups in total. The van der Waals surface area contributed by atoms with Crippen molar-refractivity contribution in [3.63, 3.8) is 0 Å². The average molecular weight is 379 g/mol. The molecule has 1 aromatic heterocycles. The fraction of sp³-hybridized carbons (Fsp3) is 0.438. The Kier molecular flexibility index (Phi) is 4.77. The van der Waals surface area contributed by atoms with Gasteiger partial charge in [0.1, 0.15) is 6.54 Å². The number of rotatable bonds is 4. The van der Waals surface area contributed by atoms with E-state index in [0.29, 0.717) is 23.4 Å². The van der Waals surface area contributed by atoms with Crippen LogP contribution < -0.4 is 16.6 Å². The summed E-state index contributed by atoms with van der Waals surface area (Å²) in [7, 11) is 0. The van der Waals surface area contributed by atoms with E-state index in [4.69, 9.17) is 5.73 Å². The predicted octanol–water partition coefficient (Wildman–Crippen LogP) is 1.40. The third-order valence-electron chi connectivity index (χ3n) is 4.41. The first-order valence-electron chi connectivity index (χ1n) is 7.72. The molecule has 2 aromatic rings. The summed E-state index contributed by atoms with van der Waals surface area (Å²) in [5.74, 6) is 0.162. The monoisotopic (exact) mass is 378 g/mol. The number of hydrogen-bond donors (Lipinski definition) is 2. The molecule has 1 aliphatic rings. The minimum Gasteiger partial charge on any atom is -0.351 e. The molecule has 0 bridgehead atoms. The molecule has 7 heteroatoms. The van der Waals surface area contributed by atoms with Crippen LogP contribution >= 0.6 is 15.9 Å². The van der Waals surface area contributed by atoms with Gasteiger partial charge in [0, 0.05) is 10.5 Å². The Morgan fingerprint density at radius 2 is 2.26 bits per heavy atom. The maximum absolute atomic E-state index is 12.5. The summed E-state index contributed by atoms with van der Waals surface area (Å²) in [4.78, 5) is 29.0. The zero-order valence-corrected chi connectivity index (χ0v) is 14.3. The van der Waals surface area contributed by atoms with Gasteiger partial charge in [-0.05, 0) is 43.5 Å². The van der Waals surface area contributed by atoms with Crippen LogP contribution in [-0.2, 0) is 11.3 Å². The molecule has 1 aliphatic carbocycles. The number of carbonyl (C=O) groups is 1. The largest absolute Gasteiger partial charge is 0.351 e. The van der Waals surface area contributed by atoms with Crippen LogP contribution in [0.15, 0.2) is 33.8 Å². The molecular formula is C16H19BrN4O2. The number of nitrogens with one attached hydrogen (secondary N) is 1. The molecule has 0 aliphatic heterocycles. The fourth-order valence-electron chi connectivity index (χ4n) is 3.16. The molecule has 2 unspecified atom stereocenters. The first-order chi connectivity index (χ1) is 11.1. The molecule has 1 saturated carbocycles. The number of hydrogen-bond acceptors (Lipinski definition) is 4. The van der Waals surface area contributed by atoms with E-state index in [9.17, 15) is 9.59 Å². The second kappa shape index (κ2) is 6.80. The van der Waals surface area contributed by atoms with Crippen LogP contribution in [0.3, 0.4) is 0 Å². The molecule has 1 heterocycles. The van der Waals surface area contributed by atoms with Crippen molar-refractivity contribution in [2.24, 2.45) is 11.7 Å². The number of benzene rings is 1. The maximum Gasteiger partial charge on any atom is 0.261 e. The van der Waals surface area contributed by atoms with E-state index in [1.54, 1.807) is 12.1 Å². The molecule has 2 atom stereocenters. The highest BCUT2D eigenvalue weighted by Crippen LogP contribution is 2.24. The molecule has 0 saturated heterocycles. The first-order valence-corrected chi connectivity index (χ1v) is 8.52. The summed E-state index contributed by atoms with van der Waals surface area (Å²) in [5.41, 5.74) is 6.14. The predicted molar refractivity (Wildman–Crippen MR) is 92.0 cm³/mol. The standard InChI is InChI=1S/C16H19BrN4O2/c17-11-4-5-14-12(6-11)16(23)21(9-19-14)8-15(22)20-13-3-1-2-10(13)7-18/h4-6,9-10,13H,1-3,7-8,18H2,(H,20,22). The van der Waals surface area contributed by atoms with E-state index in [-0.39, 0.29) is 24.1 Å². The Hall–Kier alpha value is -1.73. The minimum atomic E-state index is -0.215. The molecule has 1 amide bonds. The zero-order valence-electron chi connectivity index (χ0n) is 12.7. The van der Waals surface area contributed by atoms with Gasteiger partial charge in [-0.15, -0.1) is 0 Å². The van der Waals surface area contributed by atoms with E-state index in [0.717, 1.165) is 23.7 Å². The van der Waals surface area contributed by atoms with Crippen LogP contribution in [0.5, 0.6) is 0 Å². The molecule has 1 fully saturated rings. The number of aromatic nitrogens is 2. The third kappa shape index (κ3) is 3.45. The molecular weight excluding hydrogens is 360 g/mol. The summed E-state index contributed by atoms with van der Waals surface area (Å²) >= 11 is 3.35. The highest BCUT2D eigenvalue weighted by molar-refractivity contribution is 9.10. The van der Waals surface area contributed by atoms with Gasteiger partial charge < -0.3 is 11.1 Å². The molecule has 0 radical (unpaired) electrons. The SMILES string of the molecule is NCC1CCCC1NC(=O)Cn1cnc2ccc(Br)cc2c1=O. The van der Waals surface area contributed by atoms with E-state index in [2.05, 4.69) is 26.2 Å². The topological polar surface area (TPSA) is 90.0 Å². The number of nitrogens with zero attached hydrogens (tertiary/aromatic N) is 2. The van der Waals surface area contributed by atoms with E-state index >= 15 is 0 Å². The molecule has 122 valence electrons. The summed E-state index contributed by atoms with van der Waals surface area (Å²) in [6.07, 6.45) is 4.50. The van der Waals surface area contributed by atoms with Gasteiger partial charge in [0.2, 0.25) is 5.91 Å². The second-order valence-corrected chi connectivity index (χ2v) is 6.86. The maximum atomic E-state index is 12.5. The highest BCUT2D eigenvalue weighted by atomic mass is 79.9. The fourth-order valence-corrected chi connectivity index (χ4v) is 3.52. The number of carbonyl (C=O) groups excluding carboxylic acids is 1. The number of amides is 1. The Morgan fingerprint density at radius 3 is 3.04 bits per heavy atom. The number of halogens is 1. The Balaban J connectivity index is 1.77. The van der Waals surface area contributed by atoms with Gasteiger partial charge in [-0.1, -0.05) is 22.4 Å². The number of nitrogens with two attached hydrogens (primary N) is 1. The molecule has 3 rings (SSSR count). The summed E-state index contributed by atoms with van der Waals surface area (Å²) in [6.45, 7) is 0.554. The lowest BCUT2D eigenvalue weighted by Crippen LogP contribution is -2.42. The van der Waals surface area contributed by atoms with E-state index < -0.39 is 0 Å². The summed E-state index contributed by atoms with van der Waals surface area (Å²) in [5, 5.41) is 3.50. The summed E-state index contributed by atoms with van der Waals surface area (Å²) < 4.78 is 2.15. The lowest BCUT2D eigenvalue weighted by atomic mass is 10.0. The van der Waals surface area contributed by atoms with Crippen molar-refractivity contribution < 1.29 is 4.79 Å². The first kappa shape index (κ1) is 16.1. The Labute approximate surface area is 142 Å². The van der Waals surface area contributed by atoms with Gasteiger partial charge in [-0.2, -0.15) is 0 Å². The van der Waals surface area contributed by atoms with Crippen molar-refractivity contribution in [3.8, 4) is 0 Å². The van der Waals surface area contributed by atoms with Gasteiger partial charge in [0.25, 0.3) is 5.56 Å². The lowest BCUT2D eigenvalue weighted by molar-refractivity contribution is -0.122. The van der Waals surface area contributed by atoms with Gasteiger partial charge in [0.05, 0.1) is 17.2 Å². The van der Waals surface area contributed by atoms with Crippen LogP contribution in [0.1, 0.15) is 19.3 Å². The zero-order chi connectivity index (χ0) is 16.4. The summed E-state index contributed by atoms with van der Waals surface area (Å²) in [6, 6.07) is 5.44. The molecule has 23 heavy (non-hydrogen) atoms. The van der Waals surface area contributed by atoms with Crippen molar-refractivity contribution >= 4 is 32.7 Å². The molecule has 6 nitrogen and oxygen atoms in total. The van der Waals surface area contributed by atoms with Gasteiger partial charge >= 0.3 is 0 Å². The van der Waals surface area contributed by atoms with E-state index in [1.165, 1.54) is 10.9 Å². The second-order valence-electron chi connectivity index (χ2n) is 5.94. The van der Waals surface area contributed by atoms with Crippen LogP contribution in [0.2, 0.25) is 0 Å². The van der Waals surface area contributed by atoms with Gasteiger partial charge in [0.15, 0.2) is 0 Å². The van der Waals surface area contributed by atoms with Crippen molar-refractivity contribution in [1.82, 2.24) is 14.9 Å². The lowest BCUT2D eigenvalue weighted by Gasteiger charge is -2.19. The van der Waals surface area contributed by atoms with E-state index in [1.807, 2.05) is 6.07 Å².